The van der Waals surface area contributed by atoms with Crippen LogP contribution in [0.5, 0.6) is 0 Å². The lowest BCUT2D eigenvalue weighted by Gasteiger charge is -2.16. The van der Waals surface area contributed by atoms with Crippen molar-refractivity contribution < 1.29 is 13.2 Å². The van der Waals surface area contributed by atoms with Gasteiger partial charge in [0.05, 0.1) is 0 Å². The average molecular weight is 405 g/mol. The van der Waals surface area contributed by atoms with Gasteiger partial charge in [0.2, 0.25) is 0 Å². The number of nitrogens with zero attached hydrogens (tertiary/aromatic N) is 1. The van der Waals surface area contributed by atoms with Crippen LogP contribution in [0, 0.1) is 10.4 Å². The molecule has 152 valence electrons. The van der Waals surface area contributed by atoms with Crippen molar-refractivity contribution in [1.82, 2.24) is 4.98 Å². The van der Waals surface area contributed by atoms with Gasteiger partial charge < -0.3 is 0 Å². The smallest absolute Gasteiger partial charge is 0.252 e. The Balaban J connectivity index is 1.43. The highest BCUT2D eigenvalue weighted by Gasteiger charge is 2.31. The molecule has 2 aliphatic rings. The number of halogens is 3. The van der Waals surface area contributed by atoms with Crippen LogP contribution in [-0.4, -0.2) is 4.98 Å². The van der Waals surface area contributed by atoms with E-state index >= 15 is 0 Å². The number of fused-ring (bicyclic) bond motifs is 4. The summed E-state index contributed by atoms with van der Waals surface area (Å²) in [5.74, 6) is 0. The second-order valence-electron chi connectivity index (χ2n) is 8.14. The van der Waals surface area contributed by atoms with Gasteiger partial charge in [0.15, 0.2) is 0 Å². The van der Waals surface area contributed by atoms with E-state index in [1.807, 2.05) is 0 Å². The molecule has 1 nitrogen and oxygen atoms in total. The molecule has 0 aliphatic heterocycles. The molecule has 2 aromatic carbocycles. The van der Waals surface area contributed by atoms with Crippen LogP contribution in [0.1, 0.15) is 40.8 Å². The van der Waals surface area contributed by atoms with Gasteiger partial charge in [-0.15, -0.1) is 0 Å². The second-order valence-corrected chi connectivity index (χ2v) is 8.14. The summed E-state index contributed by atoms with van der Waals surface area (Å²) < 4.78 is 38.0. The summed E-state index contributed by atoms with van der Waals surface area (Å²) in [5.41, 5.74) is 4.16. The van der Waals surface area contributed by atoms with Gasteiger partial charge in [-0.3, -0.25) is 4.98 Å². The van der Waals surface area contributed by atoms with E-state index in [9.17, 15) is 13.2 Å². The molecule has 2 aliphatic carbocycles. The van der Waals surface area contributed by atoms with Crippen molar-refractivity contribution in [1.29, 1.82) is 0 Å². The van der Waals surface area contributed by atoms with Gasteiger partial charge in [0, 0.05) is 6.20 Å². The summed E-state index contributed by atoms with van der Waals surface area (Å²) in [6, 6.07) is 13.7. The van der Waals surface area contributed by atoms with Crippen LogP contribution in [0.15, 0.2) is 48.7 Å². The van der Waals surface area contributed by atoms with Crippen molar-refractivity contribution in [2.24, 2.45) is 0 Å². The highest BCUT2D eigenvalue weighted by molar-refractivity contribution is 5.48. The maximum atomic E-state index is 12.7. The monoisotopic (exact) mass is 405 g/mol. The zero-order valence-corrected chi connectivity index (χ0v) is 16.6. The highest BCUT2D eigenvalue weighted by atomic mass is 19.4. The van der Waals surface area contributed by atoms with Crippen molar-refractivity contribution in [2.45, 2.75) is 44.7 Å². The maximum absolute atomic E-state index is 12.7. The zero-order valence-electron chi connectivity index (χ0n) is 16.6. The molecular formula is C26H22F3N. The first-order chi connectivity index (χ1) is 14.5. The Kier molecular flexibility index (Phi) is 4.73. The summed E-state index contributed by atoms with van der Waals surface area (Å²) in [7, 11) is 0. The fraction of sp³-hybridized carbons (Fsp3) is 0.269. The first-order valence-electron chi connectivity index (χ1n) is 10.5. The van der Waals surface area contributed by atoms with Gasteiger partial charge in [0.25, 0.3) is 0 Å². The van der Waals surface area contributed by atoms with E-state index < -0.39 is 11.9 Å². The molecule has 0 spiro atoms. The second kappa shape index (κ2) is 7.42. The fourth-order valence-corrected chi connectivity index (χ4v) is 4.64. The SMILES string of the molecule is FC(F)(F)c1ccc(CCc2ccc3c(c2)=CCc2c4c(ccc2=3)=CCCC4)cn1. The summed E-state index contributed by atoms with van der Waals surface area (Å²) in [4.78, 5) is 3.56. The fourth-order valence-electron chi connectivity index (χ4n) is 4.64. The Bertz CT molecular complexity index is 1320. The molecule has 0 N–H and O–H groups in total. The topological polar surface area (TPSA) is 12.9 Å². The van der Waals surface area contributed by atoms with Crippen LogP contribution in [0.2, 0.25) is 0 Å². The summed E-state index contributed by atoms with van der Waals surface area (Å²) in [6.07, 6.45) is 7.60. The lowest BCUT2D eigenvalue weighted by atomic mass is 9.88. The summed E-state index contributed by atoms with van der Waals surface area (Å²) in [6.45, 7) is 0. The van der Waals surface area contributed by atoms with Crippen LogP contribution in [0.3, 0.4) is 0 Å². The largest absolute Gasteiger partial charge is 0.433 e. The first kappa shape index (κ1) is 19.1. The molecule has 3 aromatic rings. The van der Waals surface area contributed by atoms with Crippen molar-refractivity contribution in [3.8, 4) is 0 Å². The van der Waals surface area contributed by atoms with Gasteiger partial charge in [-0.05, 0) is 87.7 Å². The van der Waals surface area contributed by atoms with Gasteiger partial charge in [-0.2, -0.15) is 13.2 Å². The van der Waals surface area contributed by atoms with Crippen LogP contribution in [0.25, 0.3) is 12.2 Å². The molecule has 30 heavy (non-hydrogen) atoms. The maximum Gasteiger partial charge on any atom is 0.433 e. The number of hydrogen-bond donors (Lipinski definition) is 0. The molecule has 0 bridgehead atoms. The molecule has 0 unspecified atom stereocenters. The van der Waals surface area contributed by atoms with Gasteiger partial charge in [0.1, 0.15) is 5.69 Å². The lowest BCUT2D eigenvalue weighted by Crippen LogP contribution is -2.20. The third-order valence-corrected chi connectivity index (χ3v) is 6.21. The van der Waals surface area contributed by atoms with Crippen LogP contribution >= 0.6 is 0 Å². The number of aryl methyl sites for hydroxylation is 2. The molecule has 0 saturated heterocycles. The van der Waals surface area contributed by atoms with E-state index in [0.29, 0.717) is 6.42 Å². The average Bonchev–Trinajstić information content (AvgIpc) is 2.76. The standard InChI is InChI=1S/C26H22F3N/c27-26(28,29)25-14-8-18(16-30-25)6-5-17-7-11-22-20(15-17)10-13-23-21-4-2-1-3-19(21)9-12-24(22)23/h3,7-12,14-16H,1-2,4-6,13H2. The van der Waals surface area contributed by atoms with Crippen molar-refractivity contribution in [2.75, 3.05) is 0 Å². The van der Waals surface area contributed by atoms with E-state index in [0.717, 1.165) is 30.9 Å². The van der Waals surface area contributed by atoms with Crippen LogP contribution < -0.4 is 10.4 Å². The number of pyridine rings is 1. The molecule has 1 aromatic heterocycles. The number of benzene rings is 2. The lowest BCUT2D eigenvalue weighted by molar-refractivity contribution is -0.141. The number of aromatic nitrogens is 1. The predicted octanol–water partition coefficient (Wildman–Crippen LogP) is 4.63. The zero-order chi connectivity index (χ0) is 20.7. The normalized spacial score (nSPS) is 14.8. The van der Waals surface area contributed by atoms with Gasteiger partial charge >= 0.3 is 6.18 Å². The Morgan fingerprint density at radius 2 is 1.60 bits per heavy atom. The Labute approximate surface area is 172 Å². The van der Waals surface area contributed by atoms with E-state index in [2.05, 4.69) is 47.5 Å². The number of hydrogen-bond acceptors (Lipinski definition) is 1. The van der Waals surface area contributed by atoms with Crippen molar-refractivity contribution in [3.05, 3.63) is 97.5 Å². The molecule has 0 atom stereocenters. The molecule has 0 fully saturated rings. The third-order valence-electron chi connectivity index (χ3n) is 6.21. The van der Waals surface area contributed by atoms with Gasteiger partial charge in [-0.1, -0.05) is 48.6 Å². The quantitative estimate of drug-likeness (QED) is 0.619. The summed E-state index contributed by atoms with van der Waals surface area (Å²) in [5, 5.41) is 5.29. The van der Waals surface area contributed by atoms with Gasteiger partial charge in [-0.25, -0.2) is 0 Å². The van der Waals surface area contributed by atoms with E-state index in [-0.39, 0.29) is 0 Å². The Morgan fingerprint density at radius 1 is 0.800 bits per heavy atom. The molecule has 0 amide bonds. The molecule has 5 rings (SSSR count). The minimum Gasteiger partial charge on any atom is -0.252 e. The number of alkyl halides is 3. The Hall–Kier alpha value is -2.88. The van der Waals surface area contributed by atoms with Crippen molar-refractivity contribution in [3.63, 3.8) is 0 Å². The van der Waals surface area contributed by atoms with E-state index in [1.54, 1.807) is 0 Å². The third kappa shape index (κ3) is 3.55. The molecule has 0 radical (unpaired) electrons. The van der Waals surface area contributed by atoms with E-state index in [4.69, 9.17) is 0 Å². The minimum atomic E-state index is -4.39. The molecule has 4 heteroatoms. The van der Waals surface area contributed by atoms with Crippen molar-refractivity contribution >= 4 is 12.2 Å². The predicted molar refractivity (Wildman–Crippen MR) is 112 cm³/mol. The van der Waals surface area contributed by atoms with Crippen LogP contribution in [0.4, 0.5) is 13.2 Å². The number of rotatable bonds is 3. The first-order valence-corrected chi connectivity index (χ1v) is 10.5. The molecule has 0 saturated carbocycles. The highest BCUT2D eigenvalue weighted by Crippen LogP contribution is 2.27. The van der Waals surface area contributed by atoms with E-state index in [1.165, 1.54) is 62.7 Å². The molecular weight excluding hydrogens is 383 g/mol. The summed E-state index contributed by atoms with van der Waals surface area (Å²) >= 11 is 0. The minimum absolute atomic E-state index is 0.670. The molecule has 1 heterocycles. The Morgan fingerprint density at radius 3 is 2.40 bits per heavy atom. The van der Waals surface area contributed by atoms with Crippen LogP contribution in [-0.2, 0) is 31.9 Å².